The third kappa shape index (κ3) is 5.87. The van der Waals surface area contributed by atoms with E-state index in [0.717, 1.165) is 70.6 Å². The number of rotatable bonds is 6. The molecule has 0 radical (unpaired) electrons. The van der Waals surface area contributed by atoms with Crippen molar-refractivity contribution in [3.63, 3.8) is 0 Å². The number of aliphatic hydroxyl groups excluding tert-OH is 1. The summed E-state index contributed by atoms with van der Waals surface area (Å²) in [6.07, 6.45) is 12.0. The second-order valence-corrected chi connectivity index (χ2v) is 12.2. The second kappa shape index (κ2) is 11.5. The predicted molar refractivity (Wildman–Crippen MR) is 125 cm³/mol. The fraction of sp³-hybridized carbons (Fsp3) is 1.00. The van der Waals surface area contributed by atoms with Gasteiger partial charge in [-0.05, 0) is 112 Å². The minimum absolute atomic E-state index is 0.0755. The molecule has 0 aromatic heterocycles. The van der Waals surface area contributed by atoms with E-state index in [-0.39, 0.29) is 23.7 Å². The first-order valence-electron chi connectivity index (χ1n) is 14.0. The van der Waals surface area contributed by atoms with Gasteiger partial charge in [-0.15, -0.1) is 0 Å². The summed E-state index contributed by atoms with van der Waals surface area (Å²) in [4.78, 5) is 0. The molecule has 0 aliphatic heterocycles. The molecular weight excluding hydrogens is 409 g/mol. The molecule has 0 aromatic rings. The van der Waals surface area contributed by atoms with Gasteiger partial charge in [-0.2, -0.15) is 0 Å². The fourth-order valence-electron chi connectivity index (χ4n) is 7.93. The van der Waals surface area contributed by atoms with Gasteiger partial charge in [0.25, 0.3) is 0 Å². The molecule has 4 aliphatic rings. The molecule has 0 bridgehead atoms. The van der Waals surface area contributed by atoms with E-state index in [0.29, 0.717) is 30.6 Å². The maximum atomic E-state index is 15.0. The maximum Gasteiger partial charge on any atom is 0.134 e. The van der Waals surface area contributed by atoms with Crippen LogP contribution in [0.15, 0.2) is 0 Å². The zero-order valence-corrected chi connectivity index (χ0v) is 20.2. The van der Waals surface area contributed by atoms with Crippen LogP contribution in [0, 0.1) is 41.4 Å². The first-order valence-corrected chi connectivity index (χ1v) is 14.0. The lowest BCUT2D eigenvalue weighted by molar-refractivity contribution is -0.0191. The van der Waals surface area contributed by atoms with Gasteiger partial charge >= 0.3 is 0 Å². The molecule has 0 saturated heterocycles. The molecule has 8 atom stereocenters. The van der Waals surface area contributed by atoms with Crippen molar-refractivity contribution in [2.75, 3.05) is 0 Å². The monoisotopic (exact) mass is 456 g/mol. The van der Waals surface area contributed by atoms with E-state index in [1.165, 1.54) is 19.3 Å². The molecule has 186 valence electrons. The molecule has 0 aromatic carbocycles. The van der Waals surface area contributed by atoms with Crippen molar-refractivity contribution in [2.24, 2.45) is 41.4 Å². The number of aliphatic hydroxyl groups is 1. The van der Waals surface area contributed by atoms with Crippen LogP contribution in [0.25, 0.3) is 0 Å². The molecule has 4 saturated carbocycles. The molecule has 4 fully saturated rings. The highest BCUT2D eigenvalue weighted by Crippen LogP contribution is 2.45. The topological polar surface area (TPSA) is 20.2 Å². The van der Waals surface area contributed by atoms with Crippen LogP contribution in [0.5, 0.6) is 0 Å². The van der Waals surface area contributed by atoms with Crippen molar-refractivity contribution < 1.29 is 18.3 Å². The molecule has 0 heterocycles. The zero-order chi connectivity index (χ0) is 22.7. The lowest BCUT2D eigenvalue weighted by atomic mass is 9.67. The lowest BCUT2D eigenvalue weighted by Gasteiger charge is -2.41. The van der Waals surface area contributed by atoms with Crippen molar-refractivity contribution in [3.8, 4) is 0 Å². The van der Waals surface area contributed by atoms with Gasteiger partial charge in [-0.1, -0.05) is 39.0 Å². The Morgan fingerprint density at radius 2 is 1.41 bits per heavy atom. The van der Waals surface area contributed by atoms with E-state index in [4.69, 9.17) is 0 Å². The van der Waals surface area contributed by atoms with E-state index in [2.05, 4.69) is 0 Å². The largest absolute Gasteiger partial charge is 0.393 e. The van der Waals surface area contributed by atoms with Gasteiger partial charge in [0, 0.05) is 0 Å². The number of hydrogen-bond donors (Lipinski definition) is 1. The van der Waals surface area contributed by atoms with Crippen molar-refractivity contribution in [1.82, 2.24) is 0 Å². The summed E-state index contributed by atoms with van der Waals surface area (Å²) < 4.78 is 44.1. The summed E-state index contributed by atoms with van der Waals surface area (Å²) in [6.45, 7) is 2.03. The molecule has 1 nitrogen and oxygen atoms in total. The second-order valence-electron chi connectivity index (χ2n) is 12.2. The zero-order valence-electron chi connectivity index (χ0n) is 20.2. The van der Waals surface area contributed by atoms with Crippen molar-refractivity contribution in [2.45, 2.75) is 134 Å². The Kier molecular flexibility index (Phi) is 8.90. The summed E-state index contributed by atoms with van der Waals surface area (Å²) in [5.74, 6) is 1.72. The molecule has 4 rings (SSSR count). The Morgan fingerprint density at radius 1 is 0.719 bits per heavy atom. The maximum absolute atomic E-state index is 15.0. The third-order valence-electron chi connectivity index (χ3n) is 10.3. The summed E-state index contributed by atoms with van der Waals surface area (Å²) in [5.41, 5.74) is 0. The Hall–Kier alpha value is -0.250. The van der Waals surface area contributed by atoms with Crippen LogP contribution in [0.1, 0.15) is 110 Å². The molecule has 1 N–H and O–H groups in total. The smallest absolute Gasteiger partial charge is 0.134 e. The molecule has 4 aliphatic carbocycles. The standard InChI is InChI=1S/C28H47F3O/c1-18-7-8-23(17-25(18)29)19-9-11-21(12-10-19)26(32)16-14-22-13-15-24(28(31)27(22)30)20-5-3-2-4-6-20/h18-28,32H,2-17H2,1H3. The molecule has 8 unspecified atom stereocenters. The van der Waals surface area contributed by atoms with Gasteiger partial charge in [0.15, 0.2) is 0 Å². The van der Waals surface area contributed by atoms with Crippen LogP contribution in [0.2, 0.25) is 0 Å². The summed E-state index contributed by atoms with van der Waals surface area (Å²) >= 11 is 0. The molecule has 0 amide bonds. The number of halogens is 3. The minimum Gasteiger partial charge on any atom is -0.393 e. The van der Waals surface area contributed by atoms with Crippen LogP contribution in [0.4, 0.5) is 13.2 Å². The summed E-state index contributed by atoms with van der Waals surface area (Å²) in [5, 5.41) is 10.8. The predicted octanol–water partition coefficient (Wildman–Crippen LogP) is 7.99. The summed E-state index contributed by atoms with van der Waals surface area (Å²) in [7, 11) is 0. The Balaban J connectivity index is 1.18. The number of hydrogen-bond acceptors (Lipinski definition) is 1. The van der Waals surface area contributed by atoms with Gasteiger partial charge in [-0.3, -0.25) is 0 Å². The highest BCUT2D eigenvalue weighted by Gasteiger charge is 2.43. The normalized spacial score (nSPS) is 45.5. The molecule has 32 heavy (non-hydrogen) atoms. The SMILES string of the molecule is CC1CCC(C2CCC(C(O)CCC3CCC(C4CCCCC4)C(F)C3F)CC2)CC1F. The Bertz CT molecular complexity index is 557. The molecular formula is C28H47F3O. The van der Waals surface area contributed by atoms with Crippen LogP contribution < -0.4 is 0 Å². The minimum atomic E-state index is -1.35. The van der Waals surface area contributed by atoms with Gasteiger partial charge in [0.2, 0.25) is 0 Å². The Labute approximate surface area is 194 Å². The van der Waals surface area contributed by atoms with E-state index >= 15 is 0 Å². The fourth-order valence-corrected chi connectivity index (χ4v) is 7.93. The highest BCUT2D eigenvalue weighted by atomic mass is 19.2. The molecule has 4 heteroatoms. The van der Waals surface area contributed by atoms with E-state index in [1.807, 2.05) is 6.92 Å². The quantitative estimate of drug-likeness (QED) is 0.429. The van der Waals surface area contributed by atoms with Crippen LogP contribution >= 0.6 is 0 Å². The average molecular weight is 457 g/mol. The van der Waals surface area contributed by atoms with Crippen molar-refractivity contribution in [1.29, 1.82) is 0 Å². The summed E-state index contributed by atoms with van der Waals surface area (Å²) in [6, 6.07) is 0. The van der Waals surface area contributed by atoms with Gasteiger partial charge in [0.05, 0.1) is 6.10 Å². The highest BCUT2D eigenvalue weighted by molar-refractivity contribution is 4.92. The number of alkyl halides is 3. The molecule has 0 spiro atoms. The van der Waals surface area contributed by atoms with Gasteiger partial charge < -0.3 is 5.11 Å². The van der Waals surface area contributed by atoms with E-state index in [1.54, 1.807) is 0 Å². The third-order valence-corrected chi connectivity index (χ3v) is 10.3. The van der Waals surface area contributed by atoms with E-state index in [9.17, 15) is 18.3 Å². The van der Waals surface area contributed by atoms with Gasteiger partial charge in [0.1, 0.15) is 18.5 Å². The van der Waals surface area contributed by atoms with Gasteiger partial charge in [-0.25, -0.2) is 13.2 Å². The van der Waals surface area contributed by atoms with Crippen LogP contribution in [0.3, 0.4) is 0 Å². The van der Waals surface area contributed by atoms with E-state index < -0.39 is 24.6 Å². The van der Waals surface area contributed by atoms with Crippen molar-refractivity contribution >= 4 is 0 Å². The first kappa shape index (κ1) is 24.9. The van der Waals surface area contributed by atoms with Crippen LogP contribution in [-0.4, -0.2) is 29.7 Å². The Morgan fingerprint density at radius 3 is 2.09 bits per heavy atom. The lowest BCUT2D eigenvalue weighted by Crippen LogP contribution is -2.42. The van der Waals surface area contributed by atoms with Crippen molar-refractivity contribution in [3.05, 3.63) is 0 Å². The van der Waals surface area contributed by atoms with Crippen LogP contribution in [-0.2, 0) is 0 Å². The first-order chi connectivity index (χ1) is 15.4. The average Bonchev–Trinajstić information content (AvgIpc) is 2.82.